The maximum absolute atomic E-state index is 12.5. The minimum atomic E-state index is -1.05. The second kappa shape index (κ2) is 8.39. The van der Waals surface area contributed by atoms with Crippen molar-refractivity contribution < 1.29 is 14.7 Å². The molecule has 0 saturated heterocycles. The van der Waals surface area contributed by atoms with Gasteiger partial charge >= 0.3 is 0 Å². The second-order valence-corrected chi connectivity index (χ2v) is 5.29. The zero-order chi connectivity index (χ0) is 19.3. The largest absolute Gasteiger partial charge is 0.506 e. The third-order valence-corrected chi connectivity index (χ3v) is 3.99. The van der Waals surface area contributed by atoms with Gasteiger partial charge in [0.25, 0.3) is 0 Å². The van der Waals surface area contributed by atoms with Crippen molar-refractivity contribution >= 4 is 22.5 Å². The molecular formula is C22H23NO3. The number of Topliss-reactive ketones (excluding diaryl/α,β-unsaturated/α-hetero) is 2. The Labute approximate surface area is 153 Å². The van der Waals surface area contributed by atoms with E-state index in [1.54, 1.807) is 36.4 Å². The van der Waals surface area contributed by atoms with Crippen LogP contribution in [0.5, 0.6) is 5.75 Å². The lowest BCUT2D eigenvalue weighted by molar-refractivity contribution is 0.0886. The number of para-hydroxylation sites is 1. The molecule has 0 radical (unpaired) electrons. The number of benzene rings is 2. The number of pyridine rings is 1. The zero-order valence-corrected chi connectivity index (χ0v) is 15.5. The van der Waals surface area contributed by atoms with Crippen LogP contribution in [0, 0.1) is 0 Å². The molecule has 1 aliphatic rings. The highest BCUT2D eigenvalue weighted by atomic mass is 16.3. The molecule has 0 aliphatic heterocycles. The fourth-order valence-electron chi connectivity index (χ4n) is 2.92. The smallest absolute Gasteiger partial charge is 0.180 e. The lowest BCUT2D eigenvalue weighted by Gasteiger charge is -2.10. The highest BCUT2D eigenvalue weighted by molar-refractivity contribution is 6.29. The summed E-state index contributed by atoms with van der Waals surface area (Å²) in [7, 11) is 0. The molecule has 4 heteroatoms. The van der Waals surface area contributed by atoms with Gasteiger partial charge in [-0.3, -0.25) is 9.59 Å². The molecule has 2 aromatic carbocycles. The van der Waals surface area contributed by atoms with Gasteiger partial charge in [0, 0.05) is 16.5 Å². The molecule has 0 amide bonds. The molecule has 3 aromatic rings. The standard InChI is InChI=1S/C18H11NO3.2C2H6/c20-14-9-10-5-1-4-8-13(10)19-16(14)15-17(21)11-6-2-3-7-12(11)18(15)22;2*1-2/h1-9,15,20H;2*1-2H3. The van der Waals surface area contributed by atoms with Crippen molar-refractivity contribution in [1.82, 2.24) is 4.98 Å². The van der Waals surface area contributed by atoms with Gasteiger partial charge in [-0.05, 0) is 12.1 Å². The van der Waals surface area contributed by atoms with Crippen molar-refractivity contribution in [1.29, 1.82) is 0 Å². The number of aromatic nitrogens is 1. The average Bonchev–Trinajstić information content (AvgIpc) is 2.95. The topological polar surface area (TPSA) is 67.3 Å². The van der Waals surface area contributed by atoms with E-state index in [-0.39, 0.29) is 23.0 Å². The first kappa shape index (κ1) is 19.3. The predicted molar refractivity (Wildman–Crippen MR) is 104 cm³/mol. The van der Waals surface area contributed by atoms with Gasteiger partial charge in [-0.15, -0.1) is 0 Å². The Balaban J connectivity index is 0.000000570. The Kier molecular flexibility index (Phi) is 6.23. The molecule has 1 heterocycles. The molecule has 0 spiro atoms. The number of hydrogen-bond acceptors (Lipinski definition) is 4. The zero-order valence-electron chi connectivity index (χ0n) is 15.5. The van der Waals surface area contributed by atoms with Gasteiger partial charge in [0.2, 0.25) is 0 Å². The van der Waals surface area contributed by atoms with Crippen LogP contribution in [0.4, 0.5) is 0 Å². The van der Waals surface area contributed by atoms with Crippen LogP contribution in [0.1, 0.15) is 60.0 Å². The first-order chi connectivity index (χ1) is 12.7. The van der Waals surface area contributed by atoms with Crippen molar-refractivity contribution in [2.75, 3.05) is 0 Å². The van der Waals surface area contributed by atoms with Gasteiger partial charge in [-0.1, -0.05) is 70.2 Å². The monoisotopic (exact) mass is 349 g/mol. The summed E-state index contributed by atoms with van der Waals surface area (Å²) < 4.78 is 0. The van der Waals surface area contributed by atoms with Crippen molar-refractivity contribution in [3.05, 3.63) is 71.4 Å². The van der Waals surface area contributed by atoms with E-state index in [2.05, 4.69) is 4.98 Å². The molecule has 4 nitrogen and oxygen atoms in total. The number of nitrogens with zero attached hydrogens (tertiary/aromatic N) is 1. The normalized spacial score (nSPS) is 12.8. The van der Waals surface area contributed by atoms with Crippen LogP contribution in [-0.2, 0) is 0 Å². The Morgan fingerprint density at radius 2 is 1.31 bits per heavy atom. The number of rotatable bonds is 1. The molecule has 26 heavy (non-hydrogen) atoms. The molecule has 0 fully saturated rings. The predicted octanol–water partition coefficient (Wildman–Crippen LogP) is 5.16. The maximum Gasteiger partial charge on any atom is 0.180 e. The van der Waals surface area contributed by atoms with E-state index in [0.717, 1.165) is 5.39 Å². The van der Waals surface area contributed by atoms with E-state index in [4.69, 9.17) is 0 Å². The summed E-state index contributed by atoms with van der Waals surface area (Å²) in [5, 5.41) is 11.0. The summed E-state index contributed by atoms with van der Waals surface area (Å²) in [5.41, 5.74) is 1.57. The number of carbonyl (C=O) groups is 2. The molecule has 1 aliphatic carbocycles. The summed E-state index contributed by atoms with van der Waals surface area (Å²) >= 11 is 0. The third kappa shape index (κ3) is 3.23. The molecule has 134 valence electrons. The van der Waals surface area contributed by atoms with E-state index in [9.17, 15) is 14.7 Å². The van der Waals surface area contributed by atoms with E-state index in [1.807, 2.05) is 45.9 Å². The minimum absolute atomic E-state index is 0.127. The van der Waals surface area contributed by atoms with Crippen molar-refractivity contribution in [3.8, 4) is 5.75 Å². The summed E-state index contributed by atoms with van der Waals surface area (Å²) in [6.45, 7) is 8.00. The van der Waals surface area contributed by atoms with Crippen LogP contribution < -0.4 is 0 Å². The number of carbonyl (C=O) groups excluding carboxylic acids is 2. The third-order valence-electron chi connectivity index (χ3n) is 3.99. The van der Waals surface area contributed by atoms with Gasteiger partial charge in [-0.2, -0.15) is 0 Å². The van der Waals surface area contributed by atoms with Gasteiger partial charge in [0.15, 0.2) is 11.6 Å². The first-order valence-corrected chi connectivity index (χ1v) is 8.93. The van der Waals surface area contributed by atoms with Crippen LogP contribution in [0.2, 0.25) is 0 Å². The molecule has 0 bridgehead atoms. The van der Waals surface area contributed by atoms with Crippen molar-refractivity contribution in [2.45, 2.75) is 33.6 Å². The molecule has 0 atom stereocenters. The number of fused-ring (bicyclic) bond motifs is 2. The van der Waals surface area contributed by atoms with E-state index < -0.39 is 5.92 Å². The van der Waals surface area contributed by atoms with Crippen LogP contribution in [0.25, 0.3) is 10.9 Å². The summed E-state index contributed by atoms with van der Waals surface area (Å²) in [5.74, 6) is -1.79. The van der Waals surface area contributed by atoms with E-state index >= 15 is 0 Å². The minimum Gasteiger partial charge on any atom is -0.506 e. The maximum atomic E-state index is 12.5. The number of ketones is 2. The Morgan fingerprint density at radius 3 is 1.88 bits per heavy atom. The van der Waals surface area contributed by atoms with Crippen molar-refractivity contribution in [2.24, 2.45) is 0 Å². The fraction of sp³-hybridized carbons (Fsp3) is 0.227. The number of hydrogen-bond donors (Lipinski definition) is 1. The van der Waals surface area contributed by atoms with Crippen molar-refractivity contribution in [3.63, 3.8) is 0 Å². The average molecular weight is 349 g/mol. The van der Waals surface area contributed by atoms with Crippen LogP contribution >= 0.6 is 0 Å². The molecule has 1 N–H and O–H groups in total. The molecule has 1 aromatic heterocycles. The summed E-state index contributed by atoms with van der Waals surface area (Å²) in [6.07, 6.45) is 0. The van der Waals surface area contributed by atoms with E-state index in [0.29, 0.717) is 16.6 Å². The second-order valence-electron chi connectivity index (χ2n) is 5.29. The van der Waals surface area contributed by atoms with Crippen LogP contribution in [-0.4, -0.2) is 21.7 Å². The Morgan fingerprint density at radius 1 is 0.808 bits per heavy atom. The lowest BCUT2D eigenvalue weighted by Crippen LogP contribution is -2.14. The molecular weight excluding hydrogens is 326 g/mol. The quantitative estimate of drug-likeness (QED) is 0.617. The molecule has 0 saturated carbocycles. The molecule has 4 rings (SSSR count). The Bertz CT molecular complexity index is 912. The first-order valence-electron chi connectivity index (χ1n) is 8.93. The van der Waals surface area contributed by atoms with Gasteiger partial charge < -0.3 is 5.11 Å². The summed E-state index contributed by atoms with van der Waals surface area (Å²) in [6, 6.07) is 15.5. The fourth-order valence-corrected chi connectivity index (χ4v) is 2.92. The highest BCUT2D eigenvalue weighted by Crippen LogP contribution is 2.37. The number of aromatic hydroxyl groups is 1. The Hall–Kier alpha value is -3.01. The van der Waals surface area contributed by atoms with E-state index in [1.165, 1.54) is 0 Å². The summed E-state index contributed by atoms with van der Waals surface area (Å²) in [4.78, 5) is 29.4. The van der Waals surface area contributed by atoms with Crippen LogP contribution in [0.15, 0.2) is 54.6 Å². The van der Waals surface area contributed by atoms with Crippen LogP contribution in [0.3, 0.4) is 0 Å². The lowest BCUT2D eigenvalue weighted by atomic mass is 9.97. The van der Waals surface area contributed by atoms with Gasteiger partial charge in [-0.25, -0.2) is 4.98 Å². The van der Waals surface area contributed by atoms with Gasteiger partial charge in [0.05, 0.1) is 5.52 Å². The highest BCUT2D eigenvalue weighted by Gasteiger charge is 2.41. The molecule has 0 unspecified atom stereocenters. The SMILES string of the molecule is CC.CC.O=C1c2ccccc2C(=O)C1c1nc2ccccc2cc1O. The van der Waals surface area contributed by atoms with Gasteiger partial charge in [0.1, 0.15) is 17.4 Å².